The Hall–Kier alpha value is -1.80. The van der Waals surface area contributed by atoms with Crippen molar-refractivity contribution < 1.29 is 22.6 Å². The lowest BCUT2D eigenvalue weighted by Crippen LogP contribution is -2.20. The molecule has 1 aromatic heterocycles. The Bertz CT molecular complexity index is 387. The molecule has 1 rings (SSSR count). The van der Waals surface area contributed by atoms with Gasteiger partial charge in [-0.3, -0.25) is 0 Å². The van der Waals surface area contributed by atoms with E-state index in [-0.39, 0.29) is 12.0 Å². The number of alkyl halides is 3. The molecule has 0 radical (unpaired) electrons. The first-order chi connectivity index (χ1) is 8.44. The van der Waals surface area contributed by atoms with Gasteiger partial charge in [-0.2, -0.15) is 23.1 Å². The van der Waals surface area contributed by atoms with Crippen LogP contribution in [-0.4, -0.2) is 41.4 Å². The Kier molecular flexibility index (Phi) is 4.93. The summed E-state index contributed by atoms with van der Waals surface area (Å²) in [6, 6.07) is -0.543. The van der Waals surface area contributed by atoms with Crippen LogP contribution in [-0.2, 0) is 0 Å². The summed E-state index contributed by atoms with van der Waals surface area (Å²) in [6.07, 6.45) is -3.64. The topological polar surface area (TPSA) is 69.2 Å². The second-order valence-corrected chi connectivity index (χ2v) is 3.26. The summed E-state index contributed by atoms with van der Waals surface area (Å²) in [5.74, 6) is 0.112. The number of ether oxygens (including phenoxy) is 2. The van der Waals surface area contributed by atoms with E-state index in [1.54, 1.807) is 0 Å². The quantitative estimate of drug-likeness (QED) is 0.844. The lowest BCUT2D eigenvalue weighted by Gasteiger charge is -2.09. The minimum absolute atomic E-state index is 0.110. The molecule has 1 heterocycles. The number of halogens is 3. The summed E-state index contributed by atoms with van der Waals surface area (Å²) >= 11 is 0. The van der Waals surface area contributed by atoms with Gasteiger partial charge in [-0.05, 0) is 6.42 Å². The zero-order valence-electron chi connectivity index (χ0n) is 9.91. The molecular weight excluding hydrogens is 253 g/mol. The monoisotopic (exact) mass is 266 g/mol. The van der Waals surface area contributed by atoms with Crippen LogP contribution in [0.15, 0.2) is 0 Å². The molecule has 1 N–H and O–H groups in total. The van der Waals surface area contributed by atoms with Crippen molar-refractivity contribution >= 4 is 5.95 Å². The number of aromatic nitrogens is 3. The van der Waals surface area contributed by atoms with Crippen molar-refractivity contribution in [2.45, 2.75) is 19.5 Å². The van der Waals surface area contributed by atoms with Crippen molar-refractivity contribution in [2.75, 3.05) is 25.6 Å². The molecule has 6 nitrogen and oxygen atoms in total. The molecule has 0 amide bonds. The summed E-state index contributed by atoms with van der Waals surface area (Å²) in [5.41, 5.74) is 0. The van der Waals surface area contributed by atoms with E-state index in [4.69, 9.17) is 4.74 Å². The maximum absolute atomic E-state index is 12.0. The van der Waals surface area contributed by atoms with Crippen molar-refractivity contribution in [1.29, 1.82) is 0 Å². The first-order valence-corrected chi connectivity index (χ1v) is 5.18. The third kappa shape index (κ3) is 5.02. The SMILES string of the molecule is CCCNc1nc(OC)nc(OCC(F)(F)F)n1. The maximum Gasteiger partial charge on any atom is 0.422 e. The second kappa shape index (κ2) is 6.22. The predicted molar refractivity (Wildman–Crippen MR) is 56.7 cm³/mol. The van der Waals surface area contributed by atoms with Gasteiger partial charge in [-0.1, -0.05) is 6.92 Å². The van der Waals surface area contributed by atoms with Crippen LogP contribution in [0.4, 0.5) is 19.1 Å². The van der Waals surface area contributed by atoms with Crippen LogP contribution in [0.1, 0.15) is 13.3 Å². The number of anilines is 1. The smallest absolute Gasteiger partial charge is 0.422 e. The van der Waals surface area contributed by atoms with Gasteiger partial charge in [0.25, 0.3) is 0 Å². The molecular formula is C9H13F3N4O2. The van der Waals surface area contributed by atoms with Gasteiger partial charge < -0.3 is 14.8 Å². The van der Waals surface area contributed by atoms with Gasteiger partial charge in [-0.25, -0.2) is 0 Å². The van der Waals surface area contributed by atoms with E-state index in [1.165, 1.54) is 7.11 Å². The molecule has 9 heteroatoms. The van der Waals surface area contributed by atoms with Gasteiger partial charge in [0.05, 0.1) is 7.11 Å². The van der Waals surface area contributed by atoms with Crippen LogP contribution in [0.25, 0.3) is 0 Å². The molecule has 0 aliphatic carbocycles. The fourth-order valence-corrected chi connectivity index (χ4v) is 0.956. The van der Waals surface area contributed by atoms with Crippen molar-refractivity contribution in [3.63, 3.8) is 0 Å². The molecule has 102 valence electrons. The Morgan fingerprint density at radius 2 is 1.83 bits per heavy atom. The van der Waals surface area contributed by atoms with E-state index in [1.807, 2.05) is 6.92 Å². The Balaban J connectivity index is 2.76. The molecule has 0 atom stereocenters. The minimum atomic E-state index is -4.45. The first kappa shape index (κ1) is 14.3. The van der Waals surface area contributed by atoms with Gasteiger partial charge in [0.15, 0.2) is 6.61 Å². The highest BCUT2D eigenvalue weighted by Crippen LogP contribution is 2.18. The Morgan fingerprint density at radius 1 is 1.17 bits per heavy atom. The largest absolute Gasteiger partial charge is 0.467 e. The zero-order chi connectivity index (χ0) is 13.6. The molecule has 0 aliphatic heterocycles. The maximum atomic E-state index is 12.0. The molecule has 0 saturated carbocycles. The number of nitrogens with zero attached hydrogens (tertiary/aromatic N) is 3. The van der Waals surface area contributed by atoms with E-state index in [2.05, 4.69) is 25.0 Å². The molecule has 0 aromatic carbocycles. The van der Waals surface area contributed by atoms with Crippen molar-refractivity contribution in [3.8, 4) is 12.0 Å². The number of methoxy groups -OCH3 is 1. The normalized spacial score (nSPS) is 11.2. The summed E-state index contributed by atoms with van der Waals surface area (Å²) in [5, 5.41) is 2.80. The summed E-state index contributed by atoms with van der Waals surface area (Å²) < 4.78 is 45.1. The summed E-state index contributed by atoms with van der Waals surface area (Å²) in [6.45, 7) is 1.03. The minimum Gasteiger partial charge on any atom is -0.467 e. The van der Waals surface area contributed by atoms with E-state index >= 15 is 0 Å². The molecule has 0 aliphatic rings. The van der Waals surface area contributed by atoms with Crippen LogP contribution < -0.4 is 14.8 Å². The standard InChI is InChI=1S/C9H13F3N4O2/c1-3-4-13-6-14-7(17-2)16-8(15-6)18-5-9(10,11)12/h3-5H2,1-2H3,(H,13,14,15,16). The molecule has 18 heavy (non-hydrogen) atoms. The van der Waals surface area contributed by atoms with E-state index < -0.39 is 18.8 Å². The van der Waals surface area contributed by atoms with E-state index in [0.717, 1.165) is 6.42 Å². The average molecular weight is 266 g/mol. The van der Waals surface area contributed by atoms with Crippen molar-refractivity contribution in [3.05, 3.63) is 0 Å². The van der Waals surface area contributed by atoms with Crippen molar-refractivity contribution in [1.82, 2.24) is 15.0 Å². The Labute approximate surface area is 102 Å². The predicted octanol–water partition coefficient (Wildman–Crippen LogP) is 1.64. The lowest BCUT2D eigenvalue weighted by atomic mass is 10.5. The van der Waals surface area contributed by atoms with Gasteiger partial charge in [0, 0.05) is 6.54 Å². The van der Waals surface area contributed by atoms with Gasteiger partial charge >= 0.3 is 18.2 Å². The summed E-state index contributed by atoms with van der Waals surface area (Å²) in [4.78, 5) is 11.1. The molecule has 0 unspecified atom stereocenters. The molecule has 0 saturated heterocycles. The second-order valence-electron chi connectivity index (χ2n) is 3.26. The van der Waals surface area contributed by atoms with Crippen LogP contribution in [0, 0.1) is 0 Å². The van der Waals surface area contributed by atoms with Gasteiger partial charge in [0.1, 0.15) is 0 Å². The fraction of sp³-hybridized carbons (Fsp3) is 0.667. The molecule has 0 spiro atoms. The number of nitrogens with one attached hydrogen (secondary N) is 1. The van der Waals surface area contributed by atoms with Crippen LogP contribution in [0.3, 0.4) is 0 Å². The third-order valence-corrected chi connectivity index (χ3v) is 1.67. The first-order valence-electron chi connectivity index (χ1n) is 5.18. The third-order valence-electron chi connectivity index (χ3n) is 1.67. The average Bonchev–Trinajstić information content (AvgIpc) is 2.32. The van der Waals surface area contributed by atoms with Crippen LogP contribution >= 0.6 is 0 Å². The molecule has 0 bridgehead atoms. The van der Waals surface area contributed by atoms with E-state index in [0.29, 0.717) is 6.54 Å². The van der Waals surface area contributed by atoms with Crippen molar-refractivity contribution in [2.24, 2.45) is 0 Å². The Morgan fingerprint density at radius 3 is 2.39 bits per heavy atom. The lowest BCUT2D eigenvalue weighted by molar-refractivity contribution is -0.154. The number of hydrogen-bond acceptors (Lipinski definition) is 6. The van der Waals surface area contributed by atoms with E-state index in [9.17, 15) is 13.2 Å². The van der Waals surface area contributed by atoms with Crippen LogP contribution in [0.5, 0.6) is 12.0 Å². The summed E-state index contributed by atoms with van der Waals surface area (Å²) in [7, 11) is 1.30. The molecule has 0 fully saturated rings. The highest BCUT2D eigenvalue weighted by Gasteiger charge is 2.29. The highest BCUT2D eigenvalue weighted by atomic mass is 19.4. The van der Waals surface area contributed by atoms with Gasteiger partial charge in [-0.15, -0.1) is 4.98 Å². The van der Waals surface area contributed by atoms with Gasteiger partial charge in [0.2, 0.25) is 5.95 Å². The highest BCUT2D eigenvalue weighted by molar-refractivity contribution is 5.27. The van der Waals surface area contributed by atoms with Crippen LogP contribution in [0.2, 0.25) is 0 Å². The number of rotatable bonds is 6. The zero-order valence-corrected chi connectivity index (χ0v) is 9.91. The molecule has 1 aromatic rings. The number of hydrogen-bond donors (Lipinski definition) is 1. The fourth-order valence-electron chi connectivity index (χ4n) is 0.956.